The van der Waals surface area contributed by atoms with Gasteiger partial charge < -0.3 is 10.1 Å². The van der Waals surface area contributed by atoms with Crippen LogP contribution >= 0.6 is 35.7 Å². The molecular formula is C16H18N2O4S3. The lowest BCUT2D eigenvalue weighted by atomic mass is 10.2. The summed E-state index contributed by atoms with van der Waals surface area (Å²) in [4.78, 5) is 37.4. The van der Waals surface area contributed by atoms with E-state index >= 15 is 0 Å². The molecule has 1 aliphatic heterocycles. The molecule has 0 radical (unpaired) electrons. The summed E-state index contributed by atoms with van der Waals surface area (Å²) in [7, 11) is 0. The third-order valence-electron chi connectivity index (χ3n) is 3.30. The molecule has 9 heteroatoms. The quantitative estimate of drug-likeness (QED) is 0.405. The number of nitrogens with one attached hydrogen (secondary N) is 1. The summed E-state index contributed by atoms with van der Waals surface area (Å²) in [5, 5.41) is 2.60. The normalized spacial score (nSPS) is 13.9. The number of rotatable bonds is 8. The molecule has 134 valence electrons. The summed E-state index contributed by atoms with van der Waals surface area (Å²) in [5.41, 5.74) is 1.09. The van der Waals surface area contributed by atoms with Crippen LogP contribution in [0.3, 0.4) is 0 Å². The molecule has 1 saturated heterocycles. The highest BCUT2D eigenvalue weighted by Gasteiger charge is 2.25. The Labute approximate surface area is 160 Å². The van der Waals surface area contributed by atoms with Gasteiger partial charge in [0, 0.05) is 18.0 Å². The molecule has 1 fully saturated rings. The van der Waals surface area contributed by atoms with Crippen molar-refractivity contribution in [3.05, 3.63) is 29.8 Å². The predicted molar refractivity (Wildman–Crippen MR) is 103 cm³/mol. The maximum atomic E-state index is 11.7. The maximum Gasteiger partial charge on any atom is 0.316 e. The number of aryl methyl sites for hydroxylation is 1. The third kappa shape index (κ3) is 6.33. The maximum absolute atomic E-state index is 11.7. The van der Waals surface area contributed by atoms with Crippen molar-refractivity contribution in [1.82, 2.24) is 10.2 Å². The molecular weight excluding hydrogens is 380 g/mol. The van der Waals surface area contributed by atoms with Crippen molar-refractivity contribution in [2.75, 3.05) is 31.2 Å². The van der Waals surface area contributed by atoms with Gasteiger partial charge in [0.25, 0.3) is 5.91 Å². The molecule has 1 aliphatic rings. The van der Waals surface area contributed by atoms with Crippen molar-refractivity contribution >= 4 is 57.8 Å². The number of ether oxygens (including phenoxy) is 1. The van der Waals surface area contributed by atoms with Crippen molar-refractivity contribution in [2.24, 2.45) is 0 Å². The first-order chi connectivity index (χ1) is 12.0. The minimum Gasteiger partial charge on any atom is -0.455 e. The van der Waals surface area contributed by atoms with Gasteiger partial charge in [0.1, 0.15) is 4.32 Å². The molecule has 25 heavy (non-hydrogen) atoms. The fourth-order valence-corrected chi connectivity index (χ4v) is 3.95. The van der Waals surface area contributed by atoms with E-state index in [0.717, 1.165) is 10.5 Å². The first-order valence-electron chi connectivity index (χ1n) is 7.55. The Morgan fingerprint density at radius 2 is 2.16 bits per heavy atom. The number of carbonyl (C=O) groups excluding carboxylic acids is 3. The minimum atomic E-state index is -0.448. The number of hydrogen-bond acceptors (Lipinski definition) is 7. The number of thioether (sulfide) groups is 2. The molecule has 0 saturated carbocycles. The van der Waals surface area contributed by atoms with Crippen LogP contribution in [0.5, 0.6) is 0 Å². The Morgan fingerprint density at radius 3 is 2.84 bits per heavy atom. The SMILES string of the molecule is Cc1ccccc1SCC(=O)OCC(=O)NCCN1C(=O)CSC1=S. The van der Waals surface area contributed by atoms with E-state index in [1.54, 1.807) is 0 Å². The highest BCUT2D eigenvalue weighted by molar-refractivity contribution is 8.23. The van der Waals surface area contributed by atoms with Gasteiger partial charge in [-0.1, -0.05) is 42.2 Å². The van der Waals surface area contributed by atoms with Gasteiger partial charge in [-0.25, -0.2) is 0 Å². The van der Waals surface area contributed by atoms with Crippen LogP contribution in [0.4, 0.5) is 0 Å². The number of benzene rings is 1. The number of amides is 2. The van der Waals surface area contributed by atoms with Gasteiger partial charge in [-0.05, 0) is 18.6 Å². The second-order valence-corrected chi connectivity index (χ2v) is 7.79. The summed E-state index contributed by atoms with van der Waals surface area (Å²) >= 11 is 7.73. The van der Waals surface area contributed by atoms with E-state index in [1.807, 2.05) is 31.2 Å². The molecule has 1 aromatic rings. The Hall–Kier alpha value is -1.58. The van der Waals surface area contributed by atoms with Gasteiger partial charge in [0.15, 0.2) is 6.61 Å². The van der Waals surface area contributed by atoms with Gasteiger partial charge in [0.2, 0.25) is 5.91 Å². The predicted octanol–water partition coefficient (Wildman–Crippen LogP) is 1.61. The first-order valence-corrected chi connectivity index (χ1v) is 9.93. The fraction of sp³-hybridized carbons (Fsp3) is 0.375. The minimum absolute atomic E-state index is 0.0519. The number of thiocarbonyl (C=S) groups is 1. The molecule has 6 nitrogen and oxygen atoms in total. The monoisotopic (exact) mass is 398 g/mol. The number of esters is 1. The molecule has 0 bridgehead atoms. The molecule has 0 spiro atoms. The molecule has 0 aromatic heterocycles. The average molecular weight is 399 g/mol. The van der Waals surface area contributed by atoms with E-state index in [0.29, 0.717) is 16.6 Å². The van der Waals surface area contributed by atoms with Crippen LogP contribution in [0.1, 0.15) is 5.56 Å². The Balaban J connectivity index is 1.61. The van der Waals surface area contributed by atoms with Crippen molar-refractivity contribution in [1.29, 1.82) is 0 Å². The first kappa shape index (κ1) is 19.7. The lowest BCUT2D eigenvalue weighted by Gasteiger charge is -2.15. The molecule has 1 N–H and O–H groups in total. The van der Waals surface area contributed by atoms with Crippen molar-refractivity contribution in [3.63, 3.8) is 0 Å². The smallest absolute Gasteiger partial charge is 0.316 e. The molecule has 2 rings (SSSR count). The third-order valence-corrected chi connectivity index (χ3v) is 5.88. The van der Waals surface area contributed by atoms with E-state index in [2.05, 4.69) is 5.32 Å². The lowest BCUT2D eigenvalue weighted by Crippen LogP contribution is -2.38. The lowest BCUT2D eigenvalue weighted by molar-refractivity contribution is -0.145. The Morgan fingerprint density at radius 1 is 1.40 bits per heavy atom. The van der Waals surface area contributed by atoms with E-state index in [4.69, 9.17) is 17.0 Å². The van der Waals surface area contributed by atoms with Crippen LogP contribution in [0.15, 0.2) is 29.2 Å². The second-order valence-electron chi connectivity index (χ2n) is 5.16. The zero-order valence-electron chi connectivity index (χ0n) is 13.6. The van der Waals surface area contributed by atoms with Crippen molar-refractivity contribution in [2.45, 2.75) is 11.8 Å². The largest absolute Gasteiger partial charge is 0.455 e. The van der Waals surface area contributed by atoms with Crippen LogP contribution in [-0.2, 0) is 19.1 Å². The van der Waals surface area contributed by atoms with Crippen molar-refractivity contribution in [3.8, 4) is 0 Å². The summed E-state index contributed by atoms with van der Waals surface area (Å²) in [6, 6.07) is 7.74. The van der Waals surface area contributed by atoms with Crippen LogP contribution in [-0.4, -0.2) is 58.2 Å². The molecule has 0 atom stereocenters. The number of carbonyl (C=O) groups is 3. The number of hydrogen-bond donors (Lipinski definition) is 1. The topological polar surface area (TPSA) is 75.7 Å². The van der Waals surface area contributed by atoms with Crippen LogP contribution in [0.2, 0.25) is 0 Å². The fourth-order valence-electron chi connectivity index (χ4n) is 2.00. The van der Waals surface area contributed by atoms with Crippen molar-refractivity contribution < 1.29 is 19.1 Å². The van der Waals surface area contributed by atoms with E-state index in [1.165, 1.54) is 28.4 Å². The summed E-state index contributed by atoms with van der Waals surface area (Å²) in [6.45, 7) is 2.23. The Kier molecular flexibility index (Phi) is 7.73. The van der Waals surface area contributed by atoms with Gasteiger partial charge >= 0.3 is 5.97 Å². The highest BCUT2D eigenvalue weighted by atomic mass is 32.2. The molecule has 2 amide bonds. The highest BCUT2D eigenvalue weighted by Crippen LogP contribution is 2.21. The average Bonchev–Trinajstić information content (AvgIpc) is 2.91. The van der Waals surface area contributed by atoms with Crippen LogP contribution in [0.25, 0.3) is 0 Å². The van der Waals surface area contributed by atoms with Gasteiger partial charge in [-0.2, -0.15) is 0 Å². The summed E-state index contributed by atoms with van der Waals surface area (Å²) in [6.07, 6.45) is 0. The van der Waals surface area contributed by atoms with E-state index < -0.39 is 11.9 Å². The number of nitrogens with zero attached hydrogens (tertiary/aromatic N) is 1. The molecule has 0 aliphatic carbocycles. The molecule has 0 unspecified atom stereocenters. The van der Waals surface area contributed by atoms with Gasteiger partial charge in [-0.3, -0.25) is 19.3 Å². The van der Waals surface area contributed by atoms with Crippen LogP contribution in [0, 0.1) is 6.92 Å². The van der Waals surface area contributed by atoms with Gasteiger partial charge in [0.05, 0.1) is 11.5 Å². The van der Waals surface area contributed by atoms with E-state index in [9.17, 15) is 14.4 Å². The second kappa shape index (κ2) is 9.79. The van der Waals surface area contributed by atoms with Gasteiger partial charge in [-0.15, -0.1) is 11.8 Å². The summed E-state index contributed by atoms with van der Waals surface area (Å²) in [5.74, 6) is -0.409. The summed E-state index contributed by atoms with van der Waals surface area (Å²) < 4.78 is 5.47. The zero-order chi connectivity index (χ0) is 18.2. The zero-order valence-corrected chi connectivity index (χ0v) is 16.1. The molecule has 1 aromatic carbocycles. The van der Waals surface area contributed by atoms with Crippen LogP contribution < -0.4 is 5.32 Å². The van der Waals surface area contributed by atoms with E-state index in [-0.39, 0.29) is 24.8 Å². The molecule has 1 heterocycles. The Bertz CT molecular complexity index is 665. The standard InChI is InChI=1S/C16H18N2O4S3/c1-11-4-2-3-5-12(11)24-10-15(21)22-8-13(19)17-6-7-18-14(20)9-25-16(18)23/h2-5H,6-10H2,1H3,(H,17,19).